The van der Waals surface area contributed by atoms with Crippen molar-refractivity contribution in [1.82, 2.24) is 0 Å². The summed E-state index contributed by atoms with van der Waals surface area (Å²) in [6.45, 7) is 0.538. The van der Waals surface area contributed by atoms with Gasteiger partial charge < -0.3 is 5.73 Å². The summed E-state index contributed by atoms with van der Waals surface area (Å²) in [5, 5.41) is 2.06. The van der Waals surface area contributed by atoms with Gasteiger partial charge in [-0.1, -0.05) is 12.5 Å². The lowest BCUT2D eigenvalue weighted by molar-refractivity contribution is -0.132. The summed E-state index contributed by atoms with van der Waals surface area (Å²) in [5.41, 5.74) is 5.56. The number of Topliss-reactive ketones (excluding diaryl/α,β-unsaturated/α-hetero) is 1. The van der Waals surface area contributed by atoms with Crippen LogP contribution in [0.3, 0.4) is 0 Å². The molecule has 82 valence electrons. The first kappa shape index (κ1) is 10.8. The average molecular weight is 223 g/mol. The number of hydrogen-bond donors (Lipinski definition) is 1. The lowest BCUT2D eigenvalue weighted by Gasteiger charge is -2.39. The number of aryl methyl sites for hydroxylation is 1. The first-order chi connectivity index (χ1) is 7.27. The van der Waals surface area contributed by atoms with Crippen molar-refractivity contribution < 1.29 is 4.79 Å². The number of carbonyl (C=O) groups is 1. The van der Waals surface area contributed by atoms with E-state index in [0.717, 1.165) is 19.3 Å². The second-order valence-corrected chi connectivity index (χ2v) is 5.37. The Labute approximate surface area is 94.5 Å². The minimum atomic E-state index is -0.142. The van der Waals surface area contributed by atoms with E-state index in [1.54, 1.807) is 11.3 Å². The predicted molar refractivity (Wildman–Crippen MR) is 63.0 cm³/mol. The van der Waals surface area contributed by atoms with Crippen LogP contribution in [-0.2, 0) is 11.2 Å². The lowest BCUT2D eigenvalue weighted by atomic mass is 9.65. The molecule has 1 aromatic rings. The topological polar surface area (TPSA) is 43.1 Å². The van der Waals surface area contributed by atoms with Gasteiger partial charge >= 0.3 is 0 Å². The second kappa shape index (κ2) is 4.45. The van der Waals surface area contributed by atoms with E-state index in [1.807, 2.05) is 6.07 Å². The fraction of sp³-hybridized carbons (Fsp3) is 0.583. The molecule has 0 amide bonds. The van der Waals surface area contributed by atoms with Crippen LogP contribution in [0.15, 0.2) is 17.5 Å². The number of carbonyl (C=O) groups excluding carboxylic acids is 1. The monoisotopic (exact) mass is 223 g/mol. The molecule has 0 atom stereocenters. The van der Waals surface area contributed by atoms with E-state index in [0.29, 0.717) is 18.7 Å². The molecule has 0 spiro atoms. The molecule has 0 aliphatic heterocycles. The minimum absolute atomic E-state index is 0.142. The van der Waals surface area contributed by atoms with Gasteiger partial charge in [-0.15, -0.1) is 11.3 Å². The molecular weight excluding hydrogens is 206 g/mol. The fourth-order valence-electron chi connectivity index (χ4n) is 2.16. The molecule has 1 fully saturated rings. The van der Waals surface area contributed by atoms with Gasteiger partial charge in [0.2, 0.25) is 0 Å². The largest absolute Gasteiger partial charge is 0.329 e. The first-order valence-corrected chi connectivity index (χ1v) is 6.40. The molecule has 1 aromatic heterocycles. The Kier molecular flexibility index (Phi) is 3.22. The highest BCUT2D eigenvalue weighted by Crippen LogP contribution is 2.41. The summed E-state index contributed by atoms with van der Waals surface area (Å²) in [7, 11) is 0. The van der Waals surface area contributed by atoms with Crippen LogP contribution in [-0.4, -0.2) is 12.3 Å². The predicted octanol–water partition coefficient (Wildman–Crippen LogP) is 2.38. The summed E-state index contributed by atoms with van der Waals surface area (Å²) >= 11 is 1.73. The quantitative estimate of drug-likeness (QED) is 0.833. The maximum Gasteiger partial charge on any atom is 0.140 e. The number of thiophene rings is 1. The number of rotatable bonds is 5. The normalized spacial score (nSPS) is 18.5. The Morgan fingerprint density at radius 1 is 1.53 bits per heavy atom. The zero-order chi connectivity index (χ0) is 10.7. The summed E-state index contributed by atoms with van der Waals surface area (Å²) in [6, 6.07) is 4.13. The van der Waals surface area contributed by atoms with Gasteiger partial charge in [0, 0.05) is 23.3 Å². The van der Waals surface area contributed by atoms with E-state index in [4.69, 9.17) is 5.73 Å². The maximum absolute atomic E-state index is 12.0. The molecule has 3 heteroatoms. The molecule has 1 aliphatic carbocycles. The SMILES string of the molecule is NCC1(C(=O)CCc2cccs2)CCC1. The van der Waals surface area contributed by atoms with Crippen LogP contribution in [0.25, 0.3) is 0 Å². The molecule has 0 saturated heterocycles. The highest BCUT2D eigenvalue weighted by Gasteiger charge is 2.41. The van der Waals surface area contributed by atoms with Crippen molar-refractivity contribution in [2.75, 3.05) is 6.54 Å². The van der Waals surface area contributed by atoms with E-state index in [2.05, 4.69) is 11.4 Å². The molecule has 2 nitrogen and oxygen atoms in total. The average Bonchev–Trinajstić information content (AvgIpc) is 2.66. The fourth-order valence-corrected chi connectivity index (χ4v) is 2.87. The van der Waals surface area contributed by atoms with Gasteiger partial charge in [0.25, 0.3) is 0 Å². The summed E-state index contributed by atoms with van der Waals surface area (Å²) in [6.07, 6.45) is 4.73. The third-order valence-corrected chi connectivity index (χ3v) is 4.41. The molecule has 0 unspecified atom stereocenters. The van der Waals surface area contributed by atoms with Gasteiger partial charge in [0.05, 0.1) is 0 Å². The van der Waals surface area contributed by atoms with Crippen molar-refractivity contribution in [3.8, 4) is 0 Å². The zero-order valence-electron chi connectivity index (χ0n) is 8.87. The van der Waals surface area contributed by atoms with Crippen molar-refractivity contribution in [2.45, 2.75) is 32.1 Å². The smallest absolute Gasteiger partial charge is 0.140 e. The maximum atomic E-state index is 12.0. The van der Waals surface area contributed by atoms with Gasteiger partial charge in [-0.25, -0.2) is 0 Å². The van der Waals surface area contributed by atoms with Crippen molar-refractivity contribution in [3.05, 3.63) is 22.4 Å². The highest BCUT2D eigenvalue weighted by molar-refractivity contribution is 7.09. The van der Waals surface area contributed by atoms with Crippen LogP contribution in [0.2, 0.25) is 0 Å². The van der Waals surface area contributed by atoms with Gasteiger partial charge in [0.1, 0.15) is 5.78 Å². The third kappa shape index (κ3) is 2.13. The minimum Gasteiger partial charge on any atom is -0.329 e. The molecular formula is C12H17NOS. The molecule has 2 rings (SSSR count). The van der Waals surface area contributed by atoms with Crippen LogP contribution in [0.1, 0.15) is 30.6 Å². The van der Waals surface area contributed by atoms with Gasteiger partial charge in [0.15, 0.2) is 0 Å². The van der Waals surface area contributed by atoms with Crippen LogP contribution in [0, 0.1) is 5.41 Å². The van der Waals surface area contributed by atoms with Crippen LogP contribution >= 0.6 is 11.3 Å². The molecule has 0 radical (unpaired) electrons. The van der Waals surface area contributed by atoms with Crippen LogP contribution in [0.4, 0.5) is 0 Å². The van der Waals surface area contributed by atoms with Gasteiger partial charge in [-0.05, 0) is 30.7 Å². The molecule has 2 N–H and O–H groups in total. The second-order valence-electron chi connectivity index (χ2n) is 4.34. The van der Waals surface area contributed by atoms with Crippen LogP contribution < -0.4 is 5.73 Å². The van der Waals surface area contributed by atoms with E-state index in [-0.39, 0.29) is 5.41 Å². The number of nitrogens with two attached hydrogens (primary N) is 1. The van der Waals surface area contributed by atoms with E-state index >= 15 is 0 Å². The molecule has 15 heavy (non-hydrogen) atoms. The van der Waals surface area contributed by atoms with Gasteiger partial charge in [-0.2, -0.15) is 0 Å². The zero-order valence-corrected chi connectivity index (χ0v) is 9.69. The first-order valence-electron chi connectivity index (χ1n) is 5.53. The van der Waals surface area contributed by atoms with Gasteiger partial charge in [-0.3, -0.25) is 4.79 Å². The van der Waals surface area contributed by atoms with Crippen molar-refractivity contribution in [2.24, 2.45) is 11.1 Å². The molecule has 1 saturated carbocycles. The number of hydrogen-bond acceptors (Lipinski definition) is 3. The Balaban J connectivity index is 1.87. The summed E-state index contributed by atoms with van der Waals surface area (Å²) in [5.74, 6) is 0.379. The standard InChI is InChI=1S/C12H17NOS/c13-9-12(6-2-7-12)11(14)5-4-10-3-1-8-15-10/h1,3,8H,2,4-7,9,13H2. The Hall–Kier alpha value is -0.670. The lowest BCUT2D eigenvalue weighted by Crippen LogP contribution is -2.44. The van der Waals surface area contributed by atoms with E-state index in [1.165, 1.54) is 11.3 Å². The van der Waals surface area contributed by atoms with E-state index < -0.39 is 0 Å². The van der Waals surface area contributed by atoms with E-state index in [9.17, 15) is 4.79 Å². The molecule has 1 aliphatic rings. The molecule has 0 aromatic carbocycles. The van der Waals surface area contributed by atoms with Crippen molar-refractivity contribution in [1.29, 1.82) is 0 Å². The third-order valence-electron chi connectivity index (χ3n) is 3.47. The molecule has 0 bridgehead atoms. The highest BCUT2D eigenvalue weighted by atomic mass is 32.1. The summed E-state index contributed by atoms with van der Waals surface area (Å²) in [4.78, 5) is 13.3. The van der Waals surface area contributed by atoms with Crippen molar-refractivity contribution in [3.63, 3.8) is 0 Å². The number of ketones is 1. The Morgan fingerprint density at radius 2 is 2.33 bits per heavy atom. The Morgan fingerprint density at radius 3 is 2.80 bits per heavy atom. The summed E-state index contributed by atoms with van der Waals surface area (Å²) < 4.78 is 0. The molecule has 1 heterocycles. The van der Waals surface area contributed by atoms with Crippen molar-refractivity contribution >= 4 is 17.1 Å². The van der Waals surface area contributed by atoms with Crippen LogP contribution in [0.5, 0.6) is 0 Å². The Bertz CT molecular complexity index is 322.